The van der Waals surface area contributed by atoms with Crippen molar-refractivity contribution < 1.29 is 19.1 Å². The molecule has 0 heterocycles. The lowest BCUT2D eigenvalue weighted by atomic mass is 10.0. The predicted octanol–water partition coefficient (Wildman–Crippen LogP) is 3.83. The van der Waals surface area contributed by atoms with E-state index in [4.69, 9.17) is 21.1 Å². The normalized spacial score (nSPS) is 11.8. The van der Waals surface area contributed by atoms with E-state index in [-0.39, 0.29) is 17.7 Å². The Morgan fingerprint density at radius 3 is 2.47 bits per heavy atom. The maximum atomic E-state index is 12.8. The molecule has 2 aromatic carbocycles. The Kier molecular flexibility index (Phi) is 9.64. The molecule has 162 valence electrons. The second kappa shape index (κ2) is 12.2. The molecule has 0 aromatic heterocycles. The highest BCUT2D eigenvalue weighted by Gasteiger charge is 2.22. The molecule has 0 saturated carbocycles. The van der Waals surface area contributed by atoms with Crippen LogP contribution in [0.2, 0.25) is 5.02 Å². The van der Waals surface area contributed by atoms with Gasteiger partial charge in [-0.3, -0.25) is 9.59 Å². The van der Waals surface area contributed by atoms with Crippen molar-refractivity contribution in [2.75, 3.05) is 20.3 Å². The van der Waals surface area contributed by atoms with Gasteiger partial charge in [-0.05, 0) is 54.3 Å². The van der Waals surface area contributed by atoms with Gasteiger partial charge in [0.2, 0.25) is 5.91 Å². The van der Waals surface area contributed by atoms with Crippen molar-refractivity contribution in [3.63, 3.8) is 0 Å². The molecular weight excluding hydrogens is 404 g/mol. The Bertz CT molecular complexity index is 824. The highest BCUT2D eigenvalue weighted by Crippen LogP contribution is 2.14. The fourth-order valence-corrected chi connectivity index (χ4v) is 2.97. The molecule has 2 rings (SSSR count). The summed E-state index contributed by atoms with van der Waals surface area (Å²) in [5.74, 6) is 0.426. The molecule has 2 N–H and O–H groups in total. The van der Waals surface area contributed by atoms with Crippen LogP contribution in [0.15, 0.2) is 48.5 Å². The van der Waals surface area contributed by atoms with Gasteiger partial charge in [-0.15, -0.1) is 0 Å². The van der Waals surface area contributed by atoms with Crippen LogP contribution >= 0.6 is 11.6 Å². The van der Waals surface area contributed by atoms with Gasteiger partial charge in [-0.1, -0.05) is 37.6 Å². The van der Waals surface area contributed by atoms with E-state index in [1.165, 1.54) is 0 Å². The number of methoxy groups -OCH3 is 1. The summed E-state index contributed by atoms with van der Waals surface area (Å²) < 4.78 is 10.6. The van der Waals surface area contributed by atoms with E-state index in [1.807, 2.05) is 38.1 Å². The number of rotatable bonds is 11. The van der Waals surface area contributed by atoms with Crippen LogP contribution in [0.1, 0.15) is 36.2 Å². The average Bonchev–Trinajstić information content (AvgIpc) is 2.72. The number of hydrogen-bond acceptors (Lipinski definition) is 4. The van der Waals surface area contributed by atoms with E-state index < -0.39 is 6.04 Å². The molecule has 0 radical (unpaired) electrons. The minimum atomic E-state index is -0.630. The zero-order valence-corrected chi connectivity index (χ0v) is 18.4. The van der Waals surface area contributed by atoms with Crippen molar-refractivity contribution in [2.45, 2.75) is 32.9 Å². The van der Waals surface area contributed by atoms with Gasteiger partial charge in [-0.2, -0.15) is 0 Å². The van der Waals surface area contributed by atoms with Gasteiger partial charge >= 0.3 is 0 Å². The van der Waals surface area contributed by atoms with Gasteiger partial charge in [0.25, 0.3) is 5.91 Å². The van der Waals surface area contributed by atoms with E-state index in [2.05, 4.69) is 10.6 Å². The third-order valence-electron chi connectivity index (χ3n) is 4.36. The molecule has 0 aliphatic carbocycles. The summed E-state index contributed by atoms with van der Waals surface area (Å²) >= 11 is 5.88. The van der Waals surface area contributed by atoms with E-state index >= 15 is 0 Å². The van der Waals surface area contributed by atoms with Crippen LogP contribution in [0.4, 0.5) is 0 Å². The molecule has 0 spiro atoms. The molecule has 0 saturated heterocycles. The predicted molar refractivity (Wildman–Crippen MR) is 118 cm³/mol. The van der Waals surface area contributed by atoms with Gasteiger partial charge < -0.3 is 20.1 Å². The van der Waals surface area contributed by atoms with E-state index in [0.717, 1.165) is 5.56 Å². The molecule has 0 aliphatic heterocycles. The zero-order valence-electron chi connectivity index (χ0n) is 17.6. The molecule has 1 atom stereocenters. The molecule has 0 bridgehead atoms. The lowest BCUT2D eigenvalue weighted by Gasteiger charge is -2.20. The number of halogens is 1. The quantitative estimate of drug-likeness (QED) is 0.529. The molecule has 2 aromatic rings. The first kappa shape index (κ1) is 23.7. The second-order valence-corrected chi connectivity index (χ2v) is 7.81. The lowest BCUT2D eigenvalue weighted by Crippen LogP contribution is -2.47. The summed E-state index contributed by atoms with van der Waals surface area (Å²) in [5, 5.41) is 6.30. The topological polar surface area (TPSA) is 76.7 Å². The van der Waals surface area contributed by atoms with Gasteiger partial charge in [0.05, 0.1) is 6.61 Å². The Morgan fingerprint density at radius 2 is 1.80 bits per heavy atom. The van der Waals surface area contributed by atoms with Crippen LogP contribution in [-0.2, 0) is 16.1 Å². The monoisotopic (exact) mass is 432 g/mol. The Labute approximate surface area is 182 Å². The molecule has 30 heavy (non-hydrogen) atoms. The molecular formula is C23H29ClN2O4. The van der Waals surface area contributed by atoms with E-state index in [9.17, 15) is 9.59 Å². The second-order valence-electron chi connectivity index (χ2n) is 7.37. The number of amides is 2. The van der Waals surface area contributed by atoms with Crippen molar-refractivity contribution in [3.8, 4) is 5.75 Å². The average molecular weight is 433 g/mol. The first-order valence-corrected chi connectivity index (χ1v) is 10.3. The van der Waals surface area contributed by atoms with Gasteiger partial charge in [-0.25, -0.2) is 0 Å². The van der Waals surface area contributed by atoms with Crippen molar-refractivity contribution in [1.29, 1.82) is 0 Å². The van der Waals surface area contributed by atoms with Crippen LogP contribution < -0.4 is 15.4 Å². The van der Waals surface area contributed by atoms with Gasteiger partial charge in [0.15, 0.2) is 0 Å². The fourth-order valence-electron chi connectivity index (χ4n) is 2.85. The van der Waals surface area contributed by atoms with E-state index in [0.29, 0.717) is 42.5 Å². The number of ether oxygens (including phenoxy) is 2. The van der Waals surface area contributed by atoms with Gasteiger partial charge in [0, 0.05) is 24.2 Å². The smallest absolute Gasteiger partial charge is 0.251 e. The van der Waals surface area contributed by atoms with Crippen molar-refractivity contribution in [1.82, 2.24) is 10.6 Å². The number of hydrogen-bond donors (Lipinski definition) is 2. The van der Waals surface area contributed by atoms with Crippen LogP contribution in [-0.4, -0.2) is 38.2 Å². The summed E-state index contributed by atoms with van der Waals surface area (Å²) in [6, 6.07) is 13.5. The standard InChI is InChI=1S/C23H29ClN2O4/c1-16(2)13-21(26-22(27)18-7-9-19(24)10-8-18)23(28)25-15-17-5-4-6-20(14-17)30-12-11-29-3/h4-10,14,16,21H,11-13,15H2,1-3H3,(H,25,28)(H,26,27). The first-order valence-electron chi connectivity index (χ1n) is 9.94. The fraction of sp³-hybridized carbons (Fsp3) is 0.391. The van der Waals surface area contributed by atoms with Gasteiger partial charge in [0.1, 0.15) is 18.4 Å². The third-order valence-corrected chi connectivity index (χ3v) is 4.61. The largest absolute Gasteiger partial charge is 0.491 e. The Balaban J connectivity index is 1.97. The minimum Gasteiger partial charge on any atom is -0.491 e. The highest BCUT2D eigenvalue weighted by molar-refractivity contribution is 6.30. The number of nitrogens with one attached hydrogen (secondary N) is 2. The molecule has 0 fully saturated rings. The van der Waals surface area contributed by atoms with E-state index in [1.54, 1.807) is 31.4 Å². The summed E-state index contributed by atoms with van der Waals surface area (Å²) in [6.07, 6.45) is 0.533. The summed E-state index contributed by atoms with van der Waals surface area (Å²) in [4.78, 5) is 25.3. The molecule has 7 heteroatoms. The van der Waals surface area contributed by atoms with Crippen molar-refractivity contribution in [2.24, 2.45) is 5.92 Å². The van der Waals surface area contributed by atoms with Crippen LogP contribution in [0, 0.1) is 5.92 Å². The molecule has 2 amide bonds. The minimum absolute atomic E-state index is 0.225. The van der Waals surface area contributed by atoms with Crippen LogP contribution in [0.3, 0.4) is 0 Å². The highest BCUT2D eigenvalue weighted by atomic mass is 35.5. The van der Waals surface area contributed by atoms with Crippen molar-refractivity contribution in [3.05, 3.63) is 64.7 Å². The Morgan fingerprint density at radius 1 is 1.07 bits per heavy atom. The maximum absolute atomic E-state index is 12.8. The number of carbonyl (C=O) groups is 2. The zero-order chi connectivity index (χ0) is 21.9. The third kappa shape index (κ3) is 8.05. The number of benzene rings is 2. The SMILES string of the molecule is COCCOc1cccc(CNC(=O)C(CC(C)C)NC(=O)c2ccc(Cl)cc2)c1. The van der Waals surface area contributed by atoms with Crippen molar-refractivity contribution >= 4 is 23.4 Å². The summed E-state index contributed by atoms with van der Waals surface area (Å²) in [6.45, 7) is 5.32. The summed E-state index contributed by atoms with van der Waals surface area (Å²) in [5.41, 5.74) is 1.37. The number of carbonyl (C=O) groups excluding carboxylic acids is 2. The van der Waals surface area contributed by atoms with Crippen LogP contribution in [0.25, 0.3) is 0 Å². The molecule has 0 aliphatic rings. The maximum Gasteiger partial charge on any atom is 0.251 e. The lowest BCUT2D eigenvalue weighted by molar-refractivity contribution is -0.123. The Hall–Kier alpha value is -2.57. The molecule has 1 unspecified atom stereocenters. The first-order chi connectivity index (χ1) is 14.4. The van der Waals surface area contributed by atoms with Crippen LogP contribution in [0.5, 0.6) is 5.75 Å². The molecule has 6 nitrogen and oxygen atoms in total. The summed E-state index contributed by atoms with van der Waals surface area (Å²) in [7, 11) is 1.62.